The van der Waals surface area contributed by atoms with Crippen molar-refractivity contribution >= 4 is 0 Å². The lowest BCUT2D eigenvalue weighted by Gasteiger charge is -2.10. The maximum absolute atomic E-state index is 2.38. The van der Waals surface area contributed by atoms with Crippen molar-refractivity contribution in [3.05, 3.63) is 40.8 Å². The van der Waals surface area contributed by atoms with Crippen molar-refractivity contribution in [2.75, 3.05) is 0 Å². The molecule has 0 unspecified atom stereocenters. The summed E-state index contributed by atoms with van der Waals surface area (Å²) in [5.74, 6) is 2.30. The average Bonchev–Trinajstić information content (AvgIpc) is 2.87. The molecule has 1 aliphatic rings. The summed E-state index contributed by atoms with van der Waals surface area (Å²) in [5, 5.41) is 0. The summed E-state index contributed by atoms with van der Waals surface area (Å²) >= 11 is 0. The van der Waals surface area contributed by atoms with E-state index in [0.29, 0.717) is 0 Å². The molecule has 0 spiro atoms. The fourth-order valence-electron chi connectivity index (χ4n) is 1.85. The van der Waals surface area contributed by atoms with Crippen molar-refractivity contribution in [3.8, 4) is 0 Å². The van der Waals surface area contributed by atoms with Crippen molar-refractivity contribution in [2.45, 2.75) is 39.5 Å². The van der Waals surface area contributed by atoms with E-state index in [-0.39, 0.29) is 0 Å². The van der Waals surface area contributed by atoms with Crippen LogP contribution in [0.25, 0.3) is 0 Å². The second kappa shape index (κ2) is 3.17. The summed E-state index contributed by atoms with van der Waals surface area (Å²) in [4.78, 5) is 0. The van der Waals surface area contributed by atoms with Gasteiger partial charge in [0.25, 0.3) is 0 Å². The van der Waals surface area contributed by atoms with Gasteiger partial charge in [-0.1, -0.05) is 32.0 Å². The van der Waals surface area contributed by atoms with Crippen molar-refractivity contribution in [1.29, 1.82) is 0 Å². The van der Waals surface area contributed by atoms with E-state index in [4.69, 9.17) is 0 Å². The van der Waals surface area contributed by atoms with Gasteiger partial charge in [0.15, 0.2) is 0 Å². The van der Waals surface area contributed by atoms with Gasteiger partial charge in [0.1, 0.15) is 0 Å². The average molecular weight is 173 g/mol. The third-order valence-corrected chi connectivity index (χ3v) is 2.85. The molecule has 1 aromatic carbocycles. The highest BCUT2D eigenvalue weighted by atomic mass is 14.3. The molecule has 0 aromatic heterocycles. The fraction of sp³-hybridized carbons (Fsp3) is 0.462. The third-order valence-electron chi connectivity index (χ3n) is 2.85. The van der Waals surface area contributed by atoms with Crippen LogP contribution in [0.4, 0.5) is 0 Å². The van der Waals surface area contributed by atoms with Gasteiger partial charge in [0.2, 0.25) is 0 Å². The largest absolute Gasteiger partial charge is 0.0587 e. The Morgan fingerprint density at radius 2 is 1.92 bits per heavy atom. The highest BCUT2D eigenvalue weighted by Crippen LogP contribution is 2.41. The molecule has 0 aliphatic heterocycles. The van der Waals surface area contributed by atoms with Crippen LogP contribution in [0.3, 0.4) is 0 Å². The molecular formula is C13H17. The van der Waals surface area contributed by atoms with E-state index < -0.39 is 0 Å². The van der Waals surface area contributed by atoms with Gasteiger partial charge in [-0.15, -0.1) is 0 Å². The minimum absolute atomic E-state index is 0.874. The Bertz CT molecular complexity index is 306. The minimum atomic E-state index is 0.874. The Balaban J connectivity index is 2.36. The first-order valence-electron chi connectivity index (χ1n) is 5.09. The molecule has 1 radical (unpaired) electrons. The standard InChI is InChI=1S/C13H17/c1-9(2)13-8-12(11-6-7-11)5-4-10(13)3/h4-5,8,11H,6-7H2,1-3H3. The molecule has 1 saturated carbocycles. The molecule has 1 fully saturated rings. The molecular weight excluding hydrogens is 156 g/mol. The van der Waals surface area contributed by atoms with E-state index in [1.165, 1.54) is 29.9 Å². The van der Waals surface area contributed by atoms with Crippen molar-refractivity contribution in [2.24, 2.45) is 0 Å². The zero-order valence-electron chi connectivity index (χ0n) is 8.72. The predicted molar refractivity (Wildman–Crippen MR) is 56.8 cm³/mol. The lowest BCUT2D eigenvalue weighted by Crippen LogP contribution is -1.94. The van der Waals surface area contributed by atoms with E-state index in [2.05, 4.69) is 39.0 Å². The van der Waals surface area contributed by atoms with Gasteiger partial charge < -0.3 is 0 Å². The Kier molecular flexibility index (Phi) is 2.15. The molecule has 0 heteroatoms. The van der Waals surface area contributed by atoms with Crippen LogP contribution in [-0.2, 0) is 0 Å². The topological polar surface area (TPSA) is 0 Å². The molecule has 69 valence electrons. The highest BCUT2D eigenvalue weighted by Gasteiger charge is 2.23. The normalized spacial score (nSPS) is 16.6. The van der Waals surface area contributed by atoms with Crippen LogP contribution >= 0.6 is 0 Å². The predicted octanol–water partition coefficient (Wildman–Crippen LogP) is 3.83. The van der Waals surface area contributed by atoms with Crippen LogP contribution in [0.15, 0.2) is 18.2 Å². The van der Waals surface area contributed by atoms with Gasteiger partial charge in [-0.05, 0) is 48.3 Å². The summed E-state index contributed by atoms with van der Waals surface area (Å²) in [6, 6.07) is 6.93. The van der Waals surface area contributed by atoms with Gasteiger partial charge in [-0.25, -0.2) is 0 Å². The van der Waals surface area contributed by atoms with Crippen LogP contribution in [-0.4, -0.2) is 0 Å². The summed E-state index contributed by atoms with van der Waals surface area (Å²) in [7, 11) is 0. The molecule has 0 N–H and O–H groups in total. The van der Waals surface area contributed by atoms with Crippen LogP contribution in [0.5, 0.6) is 0 Å². The SMILES string of the molecule is C[C](C)c1cc(C2CC2)ccc1C. The summed E-state index contributed by atoms with van der Waals surface area (Å²) in [6.07, 6.45) is 2.79. The molecule has 1 aliphatic carbocycles. The van der Waals surface area contributed by atoms with Crippen LogP contribution in [0, 0.1) is 12.8 Å². The number of hydrogen-bond acceptors (Lipinski definition) is 0. The fourth-order valence-corrected chi connectivity index (χ4v) is 1.85. The molecule has 0 amide bonds. The van der Waals surface area contributed by atoms with Crippen LogP contribution in [0.1, 0.15) is 49.3 Å². The van der Waals surface area contributed by atoms with Gasteiger partial charge in [0.05, 0.1) is 0 Å². The minimum Gasteiger partial charge on any atom is -0.0587 e. The third kappa shape index (κ3) is 1.77. The van der Waals surface area contributed by atoms with Gasteiger partial charge >= 0.3 is 0 Å². The molecule has 0 atom stereocenters. The second-order valence-corrected chi connectivity index (χ2v) is 4.35. The van der Waals surface area contributed by atoms with Gasteiger partial charge in [-0.2, -0.15) is 0 Å². The van der Waals surface area contributed by atoms with Gasteiger partial charge in [0, 0.05) is 0 Å². The Morgan fingerprint density at radius 1 is 1.23 bits per heavy atom. The first-order chi connectivity index (χ1) is 6.18. The molecule has 0 nitrogen and oxygen atoms in total. The lowest BCUT2D eigenvalue weighted by molar-refractivity contribution is 1.07. The molecule has 13 heavy (non-hydrogen) atoms. The second-order valence-electron chi connectivity index (χ2n) is 4.35. The zero-order valence-corrected chi connectivity index (χ0v) is 8.72. The first kappa shape index (κ1) is 8.80. The molecule has 0 saturated heterocycles. The number of benzene rings is 1. The highest BCUT2D eigenvalue weighted by molar-refractivity contribution is 5.41. The van der Waals surface area contributed by atoms with Crippen molar-refractivity contribution < 1.29 is 0 Å². The summed E-state index contributed by atoms with van der Waals surface area (Å²) in [6.45, 7) is 6.58. The maximum atomic E-state index is 2.38. The van der Waals surface area contributed by atoms with E-state index in [9.17, 15) is 0 Å². The van der Waals surface area contributed by atoms with E-state index >= 15 is 0 Å². The summed E-state index contributed by atoms with van der Waals surface area (Å²) in [5.41, 5.74) is 4.40. The molecule has 2 rings (SSSR count). The number of hydrogen-bond donors (Lipinski definition) is 0. The molecule has 1 aromatic rings. The Morgan fingerprint density at radius 3 is 2.46 bits per heavy atom. The van der Waals surface area contributed by atoms with Crippen molar-refractivity contribution in [1.82, 2.24) is 0 Å². The van der Waals surface area contributed by atoms with Crippen molar-refractivity contribution in [3.63, 3.8) is 0 Å². The van der Waals surface area contributed by atoms with E-state index in [1.54, 1.807) is 5.56 Å². The molecule has 0 heterocycles. The first-order valence-corrected chi connectivity index (χ1v) is 5.09. The van der Waals surface area contributed by atoms with Crippen LogP contribution < -0.4 is 0 Å². The quantitative estimate of drug-likeness (QED) is 0.637. The number of rotatable bonds is 2. The monoisotopic (exact) mass is 173 g/mol. The Labute approximate surface area is 81.0 Å². The molecule has 0 bridgehead atoms. The summed E-state index contributed by atoms with van der Waals surface area (Å²) < 4.78 is 0. The maximum Gasteiger partial charge on any atom is -0.000923 e. The lowest BCUT2D eigenvalue weighted by atomic mass is 9.94. The zero-order chi connectivity index (χ0) is 9.42. The van der Waals surface area contributed by atoms with Gasteiger partial charge in [-0.3, -0.25) is 0 Å². The number of aryl methyl sites for hydroxylation is 1. The smallest absolute Gasteiger partial charge is 0.000923 e. The van der Waals surface area contributed by atoms with Crippen LogP contribution in [0.2, 0.25) is 0 Å². The Hall–Kier alpha value is -0.780. The van der Waals surface area contributed by atoms with E-state index in [1.807, 2.05) is 0 Å². The van der Waals surface area contributed by atoms with E-state index in [0.717, 1.165) is 5.92 Å².